The van der Waals surface area contributed by atoms with Crippen LogP contribution in [0.3, 0.4) is 0 Å². The van der Waals surface area contributed by atoms with Crippen LogP contribution in [0.1, 0.15) is 20.3 Å². The topological polar surface area (TPSA) is 76.4 Å². The summed E-state index contributed by atoms with van der Waals surface area (Å²) < 4.78 is 26.3. The van der Waals surface area contributed by atoms with E-state index in [-0.39, 0.29) is 10.8 Å². The summed E-state index contributed by atoms with van der Waals surface area (Å²) >= 11 is 5.90. The molecule has 0 fully saturated rings. The minimum Gasteiger partial charge on any atom is -0.481 e. The van der Waals surface area contributed by atoms with E-state index in [0.717, 1.165) is 11.8 Å². The maximum absolute atomic E-state index is 12.5. The number of nitrogens with zero attached hydrogens (tertiary/aromatic N) is 1. The molecule has 0 saturated carbocycles. The number of hydrogen-bond acceptors (Lipinski definition) is 3. The zero-order valence-electron chi connectivity index (χ0n) is 14.5. The van der Waals surface area contributed by atoms with Crippen LogP contribution in [0, 0.1) is 5.92 Å². The Morgan fingerprint density at radius 1 is 1.15 bits per heavy atom. The number of rotatable bonds is 4. The van der Waals surface area contributed by atoms with Crippen LogP contribution in [-0.2, 0) is 14.8 Å². The fraction of sp³-hybridized carbons (Fsp3) is 0.211. The monoisotopic (exact) mass is 393 g/mol. The standard InChI is InChI=1S/C14H10ClNO2S.C5H10O2/c15-12-6-7-14-11(10-12)8-9-16(14)19(17,18)13-4-2-1-3-5-13;1-3-4(2)5(6)7/h1-10H;4H,3H2,1-2H3,(H,6,7). The first-order chi connectivity index (χ1) is 12.3. The lowest BCUT2D eigenvalue weighted by molar-refractivity contribution is -0.141. The highest BCUT2D eigenvalue weighted by molar-refractivity contribution is 7.90. The summed E-state index contributed by atoms with van der Waals surface area (Å²) in [6, 6.07) is 15.2. The molecule has 1 unspecified atom stereocenters. The zero-order chi connectivity index (χ0) is 19.3. The average Bonchev–Trinajstić information content (AvgIpc) is 3.06. The Morgan fingerprint density at radius 3 is 2.35 bits per heavy atom. The van der Waals surface area contributed by atoms with Gasteiger partial charge in [0.2, 0.25) is 0 Å². The molecular weight excluding hydrogens is 374 g/mol. The van der Waals surface area contributed by atoms with Crippen LogP contribution in [0.4, 0.5) is 0 Å². The summed E-state index contributed by atoms with van der Waals surface area (Å²) in [7, 11) is -3.56. The van der Waals surface area contributed by atoms with E-state index < -0.39 is 16.0 Å². The molecule has 1 N–H and O–H groups in total. The van der Waals surface area contributed by atoms with E-state index in [1.165, 1.54) is 3.97 Å². The van der Waals surface area contributed by atoms with Crippen molar-refractivity contribution in [2.75, 3.05) is 0 Å². The summed E-state index contributed by atoms with van der Waals surface area (Å²) in [5.74, 6) is -0.887. The first kappa shape index (κ1) is 20.0. The second kappa shape index (κ2) is 8.38. The molecule has 0 aliphatic heterocycles. The lowest BCUT2D eigenvalue weighted by atomic mass is 10.1. The molecule has 2 aromatic carbocycles. The van der Waals surface area contributed by atoms with Crippen molar-refractivity contribution in [3.05, 3.63) is 65.8 Å². The second-order valence-electron chi connectivity index (χ2n) is 5.78. The van der Waals surface area contributed by atoms with Gasteiger partial charge >= 0.3 is 5.97 Å². The quantitative estimate of drug-likeness (QED) is 0.700. The van der Waals surface area contributed by atoms with Gasteiger partial charge in [0.05, 0.1) is 16.3 Å². The highest BCUT2D eigenvalue weighted by Crippen LogP contribution is 2.24. The molecule has 1 atom stereocenters. The van der Waals surface area contributed by atoms with Gasteiger partial charge in [-0.2, -0.15) is 0 Å². The Labute approximate surface area is 157 Å². The minimum atomic E-state index is -3.56. The van der Waals surface area contributed by atoms with E-state index in [1.54, 1.807) is 67.7 Å². The number of halogens is 1. The van der Waals surface area contributed by atoms with Crippen molar-refractivity contribution < 1.29 is 18.3 Å². The number of carbonyl (C=O) groups is 1. The van der Waals surface area contributed by atoms with Gasteiger partial charge in [0.15, 0.2) is 0 Å². The van der Waals surface area contributed by atoms with E-state index in [2.05, 4.69) is 0 Å². The highest BCUT2D eigenvalue weighted by atomic mass is 35.5. The van der Waals surface area contributed by atoms with E-state index in [0.29, 0.717) is 10.5 Å². The van der Waals surface area contributed by atoms with Gasteiger partial charge in [0.1, 0.15) is 0 Å². The summed E-state index contributed by atoms with van der Waals surface area (Å²) in [5, 5.41) is 9.57. The number of carboxylic acid groups (broad SMARTS) is 1. The summed E-state index contributed by atoms with van der Waals surface area (Å²) in [6.45, 7) is 3.56. The van der Waals surface area contributed by atoms with Crippen molar-refractivity contribution in [3.63, 3.8) is 0 Å². The highest BCUT2D eigenvalue weighted by Gasteiger charge is 2.18. The molecule has 26 heavy (non-hydrogen) atoms. The molecule has 0 amide bonds. The largest absolute Gasteiger partial charge is 0.481 e. The Hall–Kier alpha value is -2.31. The smallest absolute Gasteiger partial charge is 0.306 e. The fourth-order valence-electron chi connectivity index (χ4n) is 2.18. The van der Waals surface area contributed by atoms with Crippen molar-refractivity contribution in [2.24, 2.45) is 5.92 Å². The summed E-state index contributed by atoms with van der Waals surface area (Å²) in [5.41, 5.74) is 0.619. The number of hydrogen-bond donors (Lipinski definition) is 1. The lowest BCUT2D eigenvalue weighted by Crippen LogP contribution is -2.11. The first-order valence-corrected chi connectivity index (χ1v) is 9.89. The van der Waals surface area contributed by atoms with Crippen molar-refractivity contribution >= 4 is 38.5 Å². The second-order valence-corrected chi connectivity index (χ2v) is 8.03. The number of aliphatic carboxylic acids is 1. The SMILES string of the molecule is CCC(C)C(=O)O.O=S(=O)(c1ccccc1)n1ccc2cc(Cl)ccc21. The van der Waals surface area contributed by atoms with Crippen LogP contribution in [0.25, 0.3) is 10.9 Å². The third-order valence-corrected chi connectivity index (χ3v) is 5.89. The molecule has 0 saturated heterocycles. The van der Waals surface area contributed by atoms with Gasteiger partial charge in [0, 0.05) is 16.6 Å². The molecule has 138 valence electrons. The van der Waals surface area contributed by atoms with Crippen molar-refractivity contribution in [2.45, 2.75) is 25.2 Å². The molecule has 5 nitrogen and oxygen atoms in total. The molecule has 0 radical (unpaired) electrons. The van der Waals surface area contributed by atoms with E-state index in [9.17, 15) is 13.2 Å². The number of benzene rings is 2. The van der Waals surface area contributed by atoms with Gasteiger partial charge < -0.3 is 5.11 Å². The van der Waals surface area contributed by atoms with Crippen molar-refractivity contribution in [1.29, 1.82) is 0 Å². The zero-order valence-corrected chi connectivity index (χ0v) is 16.0. The summed E-state index contributed by atoms with van der Waals surface area (Å²) in [6.07, 6.45) is 2.26. The van der Waals surface area contributed by atoms with Crippen LogP contribution in [0.5, 0.6) is 0 Å². The predicted octanol–water partition coefficient (Wildman–Crippen LogP) is 4.65. The molecule has 0 spiro atoms. The van der Waals surface area contributed by atoms with Gasteiger partial charge in [-0.25, -0.2) is 12.4 Å². The Bertz CT molecular complexity index is 997. The Balaban J connectivity index is 0.000000298. The van der Waals surface area contributed by atoms with E-state index >= 15 is 0 Å². The van der Waals surface area contributed by atoms with E-state index in [4.69, 9.17) is 16.7 Å². The molecule has 3 rings (SSSR count). The van der Waals surface area contributed by atoms with Crippen molar-refractivity contribution in [1.82, 2.24) is 3.97 Å². The molecule has 0 bridgehead atoms. The third-order valence-electron chi connectivity index (χ3n) is 3.95. The Morgan fingerprint density at radius 2 is 1.81 bits per heavy atom. The van der Waals surface area contributed by atoms with Gasteiger partial charge in [-0.1, -0.05) is 43.6 Å². The van der Waals surface area contributed by atoms with Crippen LogP contribution >= 0.6 is 11.6 Å². The van der Waals surface area contributed by atoms with E-state index in [1.807, 2.05) is 6.92 Å². The molecule has 7 heteroatoms. The first-order valence-electron chi connectivity index (χ1n) is 8.07. The van der Waals surface area contributed by atoms with Gasteiger partial charge in [-0.15, -0.1) is 0 Å². The van der Waals surface area contributed by atoms with Crippen LogP contribution in [-0.4, -0.2) is 23.5 Å². The Kier molecular flexibility index (Phi) is 6.45. The molecule has 1 heterocycles. The molecule has 1 aromatic heterocycles. The van der Waals surface area contributed by atoms with Crippen LogP contribution in [0.2, 0.25) is 5.02 Å². The summed E-state index contributed by atoms with van der Waals surface area (Å²) in [4.78, 5) is 10.2. The molecular formula is C19H20ClNO4S. The maximum Gasteiger partial charge on any atom is 0.306 e. The average molecular weight is 394 g/mol. The number of aromatic nitrogens is 1. The van der Waals surface area contributed by atoms with Crippen molar-refractivity contribution in [3.8, 4) is 0 Å². The molecule has 3 aromatic rings. The molecule has 0 aliphatic carbocycles. The minimum absolute atomic E-state index is 0.181. The third kappa shape index (κ3) is 4.45. The van der Waals surface area contributed by atoms with Gasteiger partial charge in [0.25, 0.3) is 10.0 Å². The maximum atomic E-state index is 12.5. The molecule has 0 aliphatic rings. The predicted molar refractivity (Wildman–Crippen MR) is 103 cm³/mol. The lowest BCUT2D eigenvalue weighted by Gasteiger charge is -2.07. The van der Waals surface area contributed by atoms with Crippen LogP contribution in [0.15, 0.2) is 65.7 Å². The fourth-order valence-corrected chi connectivity index (χ4v) is 3.73. The normalized spacial score (nSPS) is 12.3. The van der Waals surface area contributed by atoms with Crippen LogP contribution < -0.4 is 0 Å². The number of fused-ring (bicyclic) bond motifs is 1. The van der Waals surface area contributed by atoms with Gasteiger partial charge in [-0.3, -0.25) is 4.79 Å². The number of carboxylic acids is 1. The van der Waals surface area contributed by atoms with Gasteiger partial charge in [-0.05, 0) is 42.8 Å².